The molecule has 0 spiro atoms. The third-order valence-corrected chi connectivity index (χ3v) is 40.3. The molecule has 10 heterocycles. The van der Waals surface area contributed by atoms with Gasteiger partial charge >= 0.3 is 869 Å². The summed E-state index contributed by atoms with van der Waals surface area (Å²) in [4.78, 5) is 83.4. The van der Waals surface area contributed by atoms with E-state index in [1.165, 1.54) is 6.92 Å². The van der Waals surface area contributed by atoms with E-state index < -0.39 is 104 Å². The number of fused-ring (bicyclic) bond motifs is 10. The number of hydrogen-bond donors (Lipinski definition) is 0. The first-order valence-electron chi connectivity index (χ1n) is 45.9. The summed E-state index contributed by atoms with van der Waals surface area (Å²) >= 11 is -13.0. The maximum absolute atomic E-state index is 12.7. The van der Waals surface area contributed by atoms with Gasteiger partial charge in [-0.2, -0.15) is 0 Å². The van der Waals surface area contributed by atoms with Crippen LogP contribution in [-0.4, -0.2) is 154 Å². The van der Waals surface area contributed by atoms with Gasteiger partial charge < -0.3 is 0 Å². The molecule has 0 aliphatic heterocycles. The number of nitrogens with zero attached hydrogens (tertiary/aromatic N) is 10. The molecule has 20 aromatic rings. The van der Waals surface area contributed by atoms with Crippen molar-refractivity contribution in [1.82, 2.24) is 49.8 Å². The van der Waals surface area contributed by atoms with Gasteiger partial charge in [-0.25, -0.2) is 0 Å². The Bertz CT molecular complexity index is 7610. The molecule has 708 valence electrons. The molecule has 0 fully saturated rings. The summed E-state index contributed by atoms with van der Waals surface area (Å²) in [7, 11) is 0. The van der Waals surface area contributed by atoms with E-state index in [9.17, 15) is 14.4 Å². The standard InChI is InChI=1S/10C10H9NO.C5H10O2.C3H3ClO2.C2H4O2.5Ga.O/c10*1-7-5-6-8-3-2-4-9(12)10(8)11-7;1-5(2,3)4(6)7;4-2-1-3(5)6;1-2(3)4;;;;;;/h10*2-6,12H,1H3;1-3H3,(H,6,7);1-2H,(H,5,6);1H3,(H,3,4);;;;;;/q;;;;;;;;;;;;;2*+2;3*+3;/p-13/b;;;;;;;;;;;2-1-;;;;;;;. The second-order valence-electron chi connectivity index (χ2n) is 34.6. The molecule has 0 saturated heterocycles. The number of rotatable bonds is 26. The Morgan fingerprint density at radius 1 is 0.231 bits per heavy atom. The summed E-state index contributed by atoms with van der Waals surface area (Å²) in [5, 5.41) is 9.39. The zero-order valence-corrected chi connectivity index (χ0v) is 93.6. The van der Waals surface area contributed by atoms with Crippen LogP contribution in [0.3, 0.4) is 0 Å². The maximum atomic E-state index is 12.7. The van der Waals surface area contributed by atoms with E-state index in [-0.39, 0.29) is 5.97 Å². The van der Waals surface area contributed by atoms with E-state index in [4.69, 9.17) is 79.7 Å². The van der Waals surface area contributed by atoms with Crippen LogP contribution in [0.1, 0.15) is 84.6 Å². The molecule has 20 rings (SSSR count). The third-order valence-electron chi connectivity index (χ3n) is 22.2. The van der Waals surface area contributed by atoms with Crippen LogP contribution < -0.4 is 35.3 Å². The van der Waals surface area contributed by atoms with E-state index in [1.807, 2.05) is 360 Å². The molecule has 10 aromatic heterocycles. The molecule has 143 heavy (non-hydrogen) atoms. The van der Waals surface area contributed by atoms with Gasteiger partial charge in [-0.1, -0.05) is 0 Å². The Hall–Kier alpha value is -14.1. The minimum absolute atomic E-state index is 0.365. The van der Waals surface area contributed by atoms with Crippen LogP contribution >= 0.6 is 11.6 Å². The zero-order chi connectivity index (χ0) is 100.0. The Labute approximate surface area is 861 Å². The molecule has 27 nitrogen and oxygen atoms in total. The molecule has 0 amide bonds. The first-order chi connectivity index (χ1) is 69.1. The van der Waals surface area contributed by atoms with Crippen LogP contribution in [0, 0.1) is 74.7 Å². The molecule has 0 aliphatic carbocycles. The van der Waals surface area contributed by atoms with Crippen LogP contribution in [0.15, 0.2) is 315 Å². The summed E-state index contributed by atoms with van der Waals surface area (Å²) < 4.78 is 88.0. The second kappa shape index (κ2) is 45.9. The first-order valence-corrected chi connectivity index (χ1v) is 61.2. The van der Waals surface area contributed by atoms with Gasteiger partial charge in [0.1, 0.15) is 0 Å². The van der Waals surface area contributed by atoms with Crippen molar-refractivity contribution >= 4 is 225 Å². The molecule has 0 saturated carbocycles. The Morgan fingerprint density at radius 2 is 0.392 bits per heavy atom. The van der Waals surface area contributed by atoms with Crippen molar-refractivity contribution in [3.63, 3.8) is 0 Å². The summed E-state index contributed by atoms with van der Waals surface area (Å²) in [5.74, 6) is 4.00. The summed E-state index contributed by atoms with van der Waals surface area (Å²) in [6.45, 7) is 26.1. The number of pyridine rings is 10. The number of hydrogen-bond acceptors (Lipinski definition) is 27. The molecular weight excluding hydrogens is 2120 g/mol. The normalized spacial score (nSPS) is 11.1. The van der Waals surface area contributed by atoms with Crippen molar-refractivity contribution in [2.75, 3.05) is 0 Å². The number of para-hydroxylation sites is 10. The molecule has 0 atom stereocenters. The van der Waals surface area contributed by atoms with E-state index in [2.05, 4.69) is 29.9 Å². The monoisotopic (exact) mass is 2210 g/mol. The molecule has 33 heteroatoms. The topological polar surface area (TPSA) is 309 Å². The summed E-state index contributed by atoms with van der Waals surface area (Å²) in [6, 6.07) is 96.8. The molecule has 0 aliphatic rings. The van der Waals surface area contributed by atoms with Gasteiger partial charge in [0.2, 0.25) is 0 Å². The third kappa shape index (κ3) is 25.7. The van der Waals surface area contributed by atoms with E-state index in [0.717, 1.165) is 144 Å². The van der Waals surface area contributed by atoms with E-state index in [1.54, 1.807) is 32.9 Å². The summed E-state index contributed by atoms with van der Waals surface area (Å²) in [6.07, 6.45) is 1.11. The number of benzene rings is 10. The van der Waals surface area contributed by atoms with Gasteiger partial charge in [0.05, 0.1) is 0 Å². The van der Waals surface area contributed by atoms with Gasteiger partial charge in [0.25, 0.3) is 0 Å². The van der Waals surface area contributed by atoms with Crippen LogP contribution in [0.2, 0.25) is 0 Å². The van der Waals surface area contributed by atoms with Crippen LogP contribution in [0.25, 0.3) is 109 Å². The van der Waals surface area contributed by atoms with Crippen molar-refractivity contribution in [3.8, 4) is 57.5 Å². The summed E-state index contributed by atoms with van der Waals surface area (Å²) in [5.41, 5.74) is 16.2. The Morgan fingerprint density at radius 3 is 0.552 bits per heavy atom. The molecule has 10 aromatic carbocycles. The van der Waals surface area contributed by atoms with Crippen molar-refractivity contribution in [2.24, 2.45) is 5.41 Å². The zero-order valence-electron chi connectivity index (χ0n) is 80.7. The van der Waals surface area contributed by atoms with Crippen molar-refractivity contribution in [3.05, 3.63) is 372 Å². The van der Waals surface area contributed by atoms with E-state index in [0.29, 0.717) is 90.6 Å². The fourth-order valence-electron chi connectivity index (χ4n) is 15.2. The molecular formula is C110H94ClGa5N10O17. The van der Waals surface area contributed by atoms with Crippen molar-refractivity contribution in [1.29, 1.82) is 0 Å². The SMILES string of the molecule is CC(=O)[O][Ga]([O]c1cccc2ccc(C)nc12)[O]c1cccc2ccc(C)nc12.Cc1ccc2cccc([O][Ga]([O]C(=O)/C=C\Cl)[O]c3cccc4ccc(C)nc34)c2n1.Cc1ccc2cccc([O][Ga]([O]C(=O)C(C)(C)C)[O]c3cccc4ccc(C)nc34)c2n1.Cc1ccc2cccc([O][Ga]([O]c3cccc4ccc(C)nc34)[O][Ga]([O]c3cccc4ccc(C)nc34)[O]c3cccc4ccc(C)nc34)c2n1. The Balaban J connectivity index is 0.000000135. The van der Waals surface area contributed by atoms with Gasteiger partial charge in [0, 0.05) is 0 Å². The molecule has 0 unspecified atom stereocenters. The number of aryl methyl sites for hydroxylation is 10. The molecule has 0 N–H and O–H groups in total. The number of carbonyl (C=O) groups is 3. The average Bonchev–Trinajstić information content (AvgIpc) is 0.806. The minimum atomic E-state index is -3.87. The fraction of sp³-hybridized carbons (Fsp3) is 0.136. The van der Waals surface area contributed by atoms with Crippen molar-refractivity contribution < 1.29 is 62.6 Å². The number of carbonyl (C=O) groups excluding carboxylic acids is 3. The fourth-order valence-corrected chi connectivity index (χ4v) is 32.3. The van der Waals surface area contributed by atoms with Gasteiger partial charge in [-0.05, 0) is 0 Å². The van der Waals surface area contributed by atoms with Gasteiger partial charge in [0.15, 0.2) is 0 Å². The predicted molar refractivity (Wildman–Crippen MR) is 559 cm³/mol. The van der Waals surface area contributed by atoms with Crippen molar-refractivity contribution in [2.45, 2.75) is 96.9 Å². The first kappa shape index (κ1) is 100. The van der Waals surface area contributed by atoms with E-state index >= 15 is 0 Å². The van der Waals surface area contributed by atoms with Crippen LogP contribution in [0.5, 0.6) is 57.5 Å². The average molecular weight is 2210 g/mol. The van der Waals surface area contributed by atoms with Crippen LogP contribution in [0.4, 0.5) is 0 Å². The van der Waals surface area contributed by atoms with Gasteiger partial charge in [-0.15, -0.1) is 0 Å². The molecule has 0 radical (unpaired) electrons. The number of aromatic nitrogens is 10. The predicted octanol–water partition coefficient (Wildman–Crippen LogP) is 23.7. The second-order valence-corrected chi connectivity index (χ2v) is 50.8. The van der Waals surface area contributed by atoms with Gasteiger partial charge in [-0.3, -0.25) is 0 Å². The number of halogens is 1. The quantitative estimate of drug-likeness (QED) is 0.0359. The molecule has 0 bridgehead atoms. The Kier molecular flexibility index (Phi) is 32.2. The van der Waals surface area contributed by atoms with Crippen LogP contribution in [-0.2, 0) is 27.3 Å².